The number of amides is 2. The van der Waals surface area contributed by atoms with Crippen molar-refractivity contribution in [3.63, 3.8) is 0 Å². The number of aliphatic carboxylic acids is 1. The average molecular weight is 469 g/mol. The molecule has 0 aromatic heterocycles. The Hall–Kier alpha value is -3.17. The van der Waals surface area contributed by atoms with Gasteiger partial charge in [0.1, 0.15) is 23.6 Å². The van der Waals surface area contributed by atoms with Crippen molar-refractivity contribution in [1.82, 2.24) is 10.2 Å². The average Bonchev–Trinajstić information content (AvgIpc) is 3.05. The summed E-state index contributed by atoms with van der Waals surface area (Å²) in [5.41, 5.74) is 2.19. The molecule has 2 aromatic rings. The molecule has 2 amide bonds. The standard InChI is InChI=1S/C24H24N2O6S/c1-24(2)20(23(31)32)26-21(30)18(22(26)33-24)25-17(28)12-16(27)19(29)15-10-8-14(9-11-15)13-6-4-3-5-7-13/h3-11,16,18,20,22,27H,12H2,1-2H3,(H,25,28)(H,31,32)/t16?,18-,20+,22-/m1/s1. The summed E-state index contributed by atoms with van der Waals surface area (Å²) in [7, 11) is 0. The number of nitrogens with one attached hydrogen (secondary N) is 1. The highest BCUT2D eigenvalue weighted by Gasteiger charge is 2.64. The molecule has 1 unspecified atom stereocenters. The molecular formula is C24H24N2O6S. The smallest absolute Gasteiger partial charge is 0.327 e. The van der Waals surface area contributed by atoms with Crippen LogP contribution >= 0.6 is 11.8 Å². The Bertz CT molecular complexity index is 1100. The molecule has 0 aliphatic carbocycles. The number of carboxylic acids is 1. The van der Waals surface area contributed by atoms with Gasteiger partial charge in [-0.1, -0.05) is 54.6 Å². The molecule has 2 saturated heterocycles. The van der Waals surface area contributed by atoms with Gasteiger partial charge in [-0.05, 0) is 25.0 Å². The minimum Gasteiger partial charge on any atom is -0.480 e. The van der Waals surface area contributed by atoms with E-state index in [9.17, 15) is 29.4 Å². The number of carbonyl (C=O) groups excluding carboxylic acids is 3. The topological polar surface area (TPSA) is 124 Å². The fourth-order valence-electron chi connectivity index (χ4n) is 4.30. The number of aliphatic hydroxyl groups is 1. The minimum atomic E-state index is -1.56. The van der Waals surface area contributed by atoms with Gasteiger partial charge in [0, 0.05) is 10.3 Å². The van der Waals surface area contributed by atoms with Crippen LogP contribution in [0.2, 0.25) is 0 Å². The van der Waals surface area contributed by atoms with Crippen LogP contribution in [-0.4, -0.2) is 67.0 Å². The zero-order chi connectivity index (χ0) is 23.9. The van der Waals surface area contributed by atoms with E-state index >= 15 is 0 Å². The maximum Gasteiger partial charge on any atom is 0.327 e. The first-order valence-electron chi connectivity index (χ1n) is 10.5. The number of carbonyl (C=O) groups is 4. The highest BCUT2D eigenvalue weighted by molar-refractivity contribution is 8.01. The molecule has 9 heteroatoms. The van der Waals surface area contributed by atoms with E-state index in [1.165, 1.54) is 16.7 Å². The van der Waals surface area contributed by atoms with Crippen LogP contribution in [0.5, 0.6) is 0 Å². The zero-order valence-electron chi connectivity index (χ0n) is 18.1. The molecule has 33 heavy (non-hydrogen) atoms. The number of fused-ring (bicyclic) bond motifs is 1. The highest BCUT2D eigenvalue weighted by atomic mass is 32.2. The molecule has 0 saturated carbocycles. The van der Waals surface area contributed by atoms with Gasteiger partial charge in [0.2, 0.25) is 11.8 Å². The Morgan fingerprint density at radius 2 is 1.67 bits per heavy atom. The van der Waals surface area contributed by atoms with Gasteiger partial charge >= 0.3 is 5.97 Å². The molecule has 4 atom stereocenters. The third-order valence-electron chi connectivity index (χ3n) is 5.95. The third kappa shape index (κ3) is 4.26. The van der Waals surface area contributed by atoms with Gasteiger partial charge in [0.05, 0.1) is 6.42 Å². The highest BCUT2D eigenvalue weighted by Crippen LogP contribution is 2.50. The molecule has 3 N–H and O–H groups in total. The summed E-state index contributed by atoms with van der Waals surface area (Å²) >= 11 is 1.31. The van der Waals surface area contributed by atoms with Crippen LogP contribution in [0.4, 0.5) is 0 Å². The van der Waals surface area contributed by atoms with E-state index in [1.807, 2.05) is 30.3 Å². The third-order valence-corrected chi connectivity index (χ3v) is 7.52. The van der Waals surface area contributed by atoms with Gasteiger partial charge in [-0.2, -0.15) is 0 Å². The lowest BCUT2D eigenvalue weighted by Gasteiger charge is -2.43. The summed E-state index contributed by atoms with van der Waals surface area (Å²) in [5.74, 6) is -2.80. The Morgan fingerprint density at radius 1 is 1.06 bits per heavy atom. The number of rotatable bonds is 7. The van der Waals surface area contributed by atoms with Crippen LogP contribution in [0.25, 0.3) is 11.1 Å². The summed E-state index contributed by atoms with van der Waals surface area (Å²) in [6.07, 6.45) is -2.05. The van der Waals surface area contributed by atoms with E-state index in [0.717, 1.165) is 11.1 Å². The number of carboxylic acid groups (broad SMARTS) is 1. The van der Waals surface area contributed by atoms with E-state index in [2.05, 4.69) is 5.32 Å². The maximum atomic E-state index is 12.6. The number of ketones is 1. The second kappa shape index (κ2) is 8.64. The van der Waals surface area contributed by atoms with E-state index in [1.54, 1.807) is 38.1 Å². The van der Waals surface area contributed by atoms with Crippen molar-refractivity contribution in [3.05, 3.63) is 60.2 Å². The quantitative estimate of drug-likeness (QED) is 0.419. The molecule has 2 aliphatic rings. The lowest BCUT2D eigenvalue weighted by atomic mass is 9.95. The minimum absolute atomic E-state index is 0.276. The van der Waals surface area contributed by atoms with Crippen molar-refractivity contribution < 1.29 is 29.4 Å². The lowest BCUT2D eigenvalue weighted by molar-refractivity contribution is -0.161. The molecule has 0 bridgehead atoms. The van der Waals surface area contributed by atoms with Crippen molar-refractivity contribution in [2.24, 2.45) is 0 Å². The van der Waals surface area contributed by atoms with Gasteiger partial charge in [0.25, 0.3) is 0 Å². The monoisotopic (exact) mass is 468 g/mol. The summed E-state index contributed by atoms with van der Waals surface area (Å²) in [6, 6.07) is 14.5. The predicted octanol–water partition coefficient (Wildman–Crippen LogP) is 1.92. The Morgan fingerprint density at radius 3 is 2.27 bits per heavy atom. The maximum absolute atomic E-state index is 12.6. The summed E-state index contributed by atoms with van der Waals surface area (Å²) in [4.78, 5) is 50.3. The molecule has 2 heterocycles. The number of benzene rings is 2. The number of nitrogens with zero attached hydrogens (tertiary/aromatic N) is 1. The first-order valence-corrected chi connectivity index (χ1v) is 11.4. The first-order chi connectivity index (χ1) is 15.6. The molecule has 2 fully saturated rings. The van der Waals surface area contributed by atoms with Crippen molar-refractivity contribution in [1.29, 1.82) is 0 Å². The van der Waals surface area contributed by atoms with Crippen LogP contribution in [0, 0.1) is 0 Å². The molecule has 172 valence electrons. The molecule has 8 nitrogen and oxygen atoms in total. The fraction of sp³-hybridized carbons (Fsp3) is 0.333. The van der Waals surface area contributed by atoms with E-state index in [0.29, 0.717) is 0 Å². The largest absolute Gasteiger partial charge is 0.480 e. The van der Waals surface area contributed by atoms with Crippen molar-refractivity contribution in [2.75, 3.05) is 0 Å². The molecule has 2 aromatic carbocycles. The van der Waals surface area contributed by atoms with Gasteiger partial charge < -0.3 is 20.4 Å². The normalized spacial score (nSPS) is 23.9. The second-order valence-electron chi connectivity index (χ2n) is 8.67. The van der Waals surface area contributed by atoms with Crippen LogP contribution in [0.1, 0.15) is 30.6 Å². The summed E-state index contributed by atoms with van der Waals surface area (Å²) in [6.45, 7) is 3.48. The number of hydrogen-bond acceptors (Lipinski definition) is 6. The fourth-order valence-corrected chi connectivity index (χ4v) is 5.92. The van der Waals surface area contributed by atoms with E-state index < -0.39 is 58.3 Å². The van der Waals surface area contributed by atoms with Gasteiger partial charge in [-0.3, -0.25) is 14.4 Å². The molecule has 4 rings (SSSR count). The van der Waals surface area contributed by atoms with Crippen LogP contribution in [-0.2, 0) is 14.4 Å². The zero-order valence-corrected chi connectivity index (χ0v) is 18.9. The van der Waals surface area contributed by atoms with E-state index in [-0.39, 0.29) is 5.56 Å². The number of hydrogen-bond donors (Lipinski definition) is 3. The van der Waals surface area contributed by atoms with Crippen LogP contribution in [0.3, 0.4) is 0 Å². The summed E-state index contributed by atoms with van der Waals surface area (Å²) < 4.78 is -0.701. The lowest BCUT2D eigenvalue weighted by Crippen LogP contribution is -2.70. The number of β-lactam (4-membered cyclic amide) rings is 1. The van der Waals surface area contributed by atoms with E-state index in [4.69, 9.17) is 0 Å². The molecular weight excluding hydrogens is 444 g/mol. The summed E-state index contributed by atoms with van der Waals surface area (Å²) in [5, 5.41) is 21.8. The van der Waals surface area contributed by atoms with Gasteiger partial charge in [-0.15, -0.1) is 11.8 Å². The van der Waals surface area contributed by atoms with Crippen LogP contribution in [0.15, 0.2) is 54.6 Å². The molecule has 2 aliphatic heterocycles. The second-order valence-corrected chi connectivity index (χ2v) is 10.4. The van der Waals surface area contributed by atoms with Crippen molar-refractivity contribution in [3.8, 4) is 11.1 Å². The Balaban J connectivity index is 1.35. The van der Waals surface area contributed by atoms with Crippen molar-refractivity contribution in [2.45, 2.75) is 48.6 Å². The van der Waals surface area contributed by atoms with Gasteiger partial charge in [0.15, 0.2) is 5.78 Å². The molecule has 0 radical (unpaired) electrons. The van der Waals surface area contributed by atoms with Crippen molar-refractivity contribution >= 4 is 35.3 Å². The Kier molecular flexibility index (Phi) is 6.02. The predicted molar refractivity (Wildman–Crippen MR) is 122 cm³/mol. The SMILES string of the molecule is CC1(C)S[C@@H]2[C@H](NC(=O)CC(O)C(=O)c3ccc(-c4ccccc4)cc3)C(=O)N2[C@H]1C(=O)O. The molecule has 0 spiro atoms. The van der Waals surface area contributed by atoms with Gasteiger partial charge in [-0.25, -0.2) is 4.79 Å². The number of aliphatic hydroxyl groups excluding tert-OH is 1. The number of Topliss-reactive ketones (excluding diaryl/α,β-unsaturated/α-hetero) is 1. The number of thioether (sulfide) groups is 1. The Labute approximate surface area is 195 Å². The van der Waals surface area contributed by atoms with Crippen LogP contribution < -0.4 is 5.32 Å². The first kappa shape index (κ1) is 23.0.